The molecule has 0 aromatic heterocycles. The highest BCUT2D eigenvalue weighted by atomic mass is 16.6. The number of carbonyl (C=O) groups is 2. The first kappa shape index (κ1) is 21.1. The van der Waals surface area contributed by atoms with Gasteiger partial charge in [0.05, 0.1) is 0 Å². The summed E-state index contributed by atoms with van der Waals surface area (Å²) in [4.78, 5) is 25.2. The van der Waals surface area contributed by atoms with Crippen LogP contribution in [0, 0.1) is 6.92 Å². The van der Waals surface area contributed by atoms with Crippen LogP contribution in [-0.2, 0) is 16.0 Å². The van der Waals surface area contributed by atoms with Crippen molar-refractivity contribution in [1.82, 2.24) is 5.32 Å². The molecule has 5 heteroatoms. The lowest BCUT2D eigenvalue weighted by Gasteiger charge is -2.18. The van der Waals surface area contributed by atoms with Crippen molar-refractivity contribution < 1.29 is 19.1 Å². The fourth-order valence-electron chi connectivity index (χ4n) is 2.91. The van der Waals surface area contributed by atoms with E-state index in [4.69, 9.17) is 9.47 Å². The van der Waals surface area contributed by atoms with E-state index in [1.807, 2.05) is 67.6 Å². The molecule has 0 unspecified atom stereocenters. The first-order valence-corrected chi connectivity index (χ1v) is 9.88. The van der Waals surface area contributed by atoms with Crippen molar-refractivity contribution in [3.05, 3.63) is 102 Å². The number of benzene rings is 3. The minimum Gasteiger partial charge on any atom is -0.490 e. The van der Waals surface area contributed by atoms with Crippen molar-refractivity contribution in [2.24, 2.45) is 0 Å². The Balaban J connectivity index is 1.57. The van der Waals surface area contributed by atoms with Gasteiger partial charge in [-0.3, -0.25) is 4.79 Å². The summed E-state index contributed by atoms with van der Waals surface area (Å²) in [6.07, 6.45) is 0.344. The van der Waals surface area contributed by atoms with E-state index in [1.165, 1.54) is 0 Å². The van der Waals surface area contributed by atoms with Gasteiger partial charge in [0.1, 0.15) is 25.0 Å². The van der Waals surface area contributed by atoms with Crippen LogP contribution in [0.15, 0.2) is 84.9 Å². The molecule has 3 aromatic rings. The number of hydrogen-bond donors (Lipinski definition) is 1. The Morgan fingerprint density at radius 2 is 1.47 bits per heavy atom. The second-order valence-corrected chi connectivity index (χ2v) is 6.91. The Bertz CT molecular complexity index is 940. The average molecular weight is 403 g/mol. The van der Waals surface area contributed by atoms with E-state index in [2.05, 4.69) is 5.32 Å². The topological polar surface area (TPSA) is 64.6 Å². The van der Waals surface area contributed by atoms with Gasteiger partial charge in [-0.2, -0.15) is 0 Å². The molecule has 1 atom stereocenters. The monoisotopic (exact) mass is 403 g/mol. The molecular weight excluding hydrogens is 378 g/mol. The van der Waals surface area contributed by atoms with Gasteiger partial charge < -0.3 is 14.8 Å². The van der Waals surface area contributed by atoms with E-state index >= 15 is 0 Å². The maximum absolute atomic E-state index is 12.7. The van der Waals surface area contributed by atoms with Crippen LogP contribution in [0.5, 0.6) is 5.75 Å². The van der Waals surface area contributed by atoms with E-state index in [9.17, 15) is 9.59 Å². The molecule has 5 nitrogen and oxygen atoms in total. The predicted octanol–water partition coefficient (Wildman–Crippen LogP) is 3.96. The average Bonchev–Trinajstić information content (AvgIpc) is 2.78. The van der Waals surface area contributed by atoms with Gasteiger partial charge in [0.2, 0.25) is 0 Å². The quantitative estimate of drug-likeness (QED) is 0.434. The number of carbonyl (C=O) groups excluding carboxylic acids is 2. The second kappa shape index (κ2) is 10.8. The molecular formula is C25H25NO4. The molecule has 0 aliphatic heterocycles. The summed E-state index contributed by atoms with van der Waals surface area (Å²) in [5, 5.41) is 2.79. The highest BCUT2D eigenvalue weighted by Gasteiger charge is 2.23. The molecule has 0 aliphatic carbocycles. The molecule has 0 aliphatic rings. The largest absolute Gasteiger partial charge is 0.490 e. The van der Waals surface area contributed by atoms with Crippen LogP contribution in [-0.4, -0.2) is 31.1 Å². The highest BCUT2D eigenvalue weighted by molar-refractivity contribution is 5.96. The molecule has 0 saturated carbocycles. The lowest BCUT2D eigenvalue weighted by molar-refractivity contribution is -0.146. The minimum absolute atomic E-state index is 0.0964. The number of nitrogens with one attached hydrogen (secondary N) is 1. The molecule has 1 amide bonds. The van der Waals surface area contributed by atoms with Gasteiger partial charge in [-0.25, -0.2) is 4.79 Å². The van der Waals surface area contributed by atoms with Gasteiger partial charge in [0.25, 0.3) is 5.91 Å². The summed E-state index contributed by atoms with van der Waals surface area (Å²) in [6.45, 7) is 2.33. The Labute approximate surface area is 176 Å². The molecule has 0 fully saturated rings. The first-order chi connectivity index (χ1) is 14.6. The number of rotatable bonds is 9. The Kier molecular flexibility index (Phi) is 7.61. The fourth-order valence-corrected chi connectivity index (χ4v) is 2.91. The minimum atomic E-state index is -0.792. The van der Waals surface area contributed by atoms with Crippen LogP contribution in [0.3, 0.4) is 0 Å². The van der Waals surface area contributed by atoms with Gasteiger partial charge in [-0.1, -0.05) is 66.2 Å². The first-order valence-electron chi connectivity index (χ1n) is 9.88. The molecule has 3 aromatic carbocycles. The van der Waals surface area contributed by atoms with Gasteiger partial charge in [-0.15, -0.1) is 0 Å². The van der Waals surface area contributed by atoms with Crippen LogP contribution < -0.4 is 10.1 Å². The van der Waals surface area contributed by atoms with Crippen molar-refractivity contribution in [2.45, 2.75) is 19.4 Å². The summed E-state index contributed by atoms with van der Waals surface area (Å²) in [6, 6.07) is 25.2. The predicted molar refractivity (Wildman–Crippen MR) is 115 cm³/mol. The molecule has 0 heterocycles. The van der Waals surface area contributed by atoms with Crippen LogP contribution >= 0.6 is 0 Å². The molecule has 154 valence electrons. The summed E-state index contributed by atoms with van der Waals surface area (Å²) < 4.78 is 11.0. The third-order valence-electron chi connectivity index (χ3n) is 4.53. The van der Waals surface area contributed by atoms with Crippen LogP contribution in [0.4, 0.5) is 0 Å². The number of esters is 1. The maximum atomic E-state index is 12.7. The lowest BCUT2D eigenvalue weighted by Crippen LogP contribution is -2.43. The number of hydrogen-bond acceptors (Lipinski definition) is 4. The number of ether oxygens (including phenoxy) is 2. The Morgan fingerprint density at radius 3 is 2.13 bits per heavy atom. The van der Waals surface area contributed by atoms with E-state index < -0.39 is 12.0 Å². The SMILES string of the molecule is Cc1ccc(OCCOC(=O)[C@@H](Cc2ccccc2)NC(=O)c2ccccc2)cc1. The Morgan fingerprint density at radius 1 is 0.833 bits per heavy atom. The smallest absolute Gasteiger partial charge is 0.329 e. The molecule has 0 bridgehead atoms. The fraction of sp³-hybridized carbons (Fsp3) is 0.200. The van der Waals surface area contributed by atoms with Crippen molar-refractivity contribution in [3.63, 3.8) is 0 Å². The number of aryl methyl sites for hydroxylation is 1. The third kappa shape index (κ3) is 6.48. The van der Waals surface area contributed by atoms with Crippen LogP contribution in [0.2, 0.25) is 0 Å². The zero-order chi connectivity index (χ0) is 21.2. The van der Waals surface area contributed by atoms with E-state index in [0.29, 0.717) is 12.0 Å². The van der Waals surface area contributed by atoms with Crippen molar-refractivity contribution in [3.8, 4) is 5.75 Å². The molecule has 1 N–H and O–H groups in total. The summed E-state index contributed by atoms with van der Waals surface area (Å²) >= 11 is 0. The zero-order valence-corrected chi connectivity index (χ0v) is 16.9. The summed E-state index contributed by atoms with van der Waals surface area (Å²) in [7, 11) is 0. The number of amides is 1. The van der Waals surface area contributed by atoms with E-state index in [1.54, 1.807) is 24.3 Å². The van der Waals surface area contributed by atoms with Gasteiger partial charge in [0.15, 0.2) is 0 Å². The second-order valence-electron chi connectivity index (χ2n) is 6.91. The van der Waals surface area contributed by atoms with Gasteiger partial charge in [0, 0.05) is 12.0 Å². The van der Waals surface area contributed by atoms with Crippen LogP contribution in [0.1, 0.15) is 21.5 Å². The standard InChI is InChI=1S/C25H25NO4/c1-19-12-14-22(15-13-19)29-16-17-30-25(28)23(18-20-8-4-2-5-9-20)26-24(27)21-10-6-3-7-11-21/h2-15,23H,16-18H2,1H3,(H,26,27)/t23-/m1/s1. The zero-order valence-electron chi connectivity index (χ0n) is 16.9. The summed E-state index contributed by atoms with van der Waals surface area (Å²) in [5.74, 6) is -0.0881. The van der Waals surface area contributed by atoms with Crippen molar-refractivity contribution in [1.29, 1.82) is 0 Å². The molecule has 30 heavy (non-hydrogen) atoms. The van der Waals surface area contributed by atoms with Gasteiger partial charge in [-0.05, 0) is 36.8 Å². The van der Waals surface area contributed by atoms with Gasteiger partial charge >= 0.3 is 5.97 Å². The third-order valence-corrected chi connectivity index (χ3v) is 4.53. The lowest BCUT2D eigenvalue weighted by atomic mass is 10.1. The van der Waals surface area contributed by atoms with Crippen LogP contribution in [0.25, 0.3) is 0 Å². The molecule has 0 radical (unpaired) electrons. The maximum Gasteiger partial charge on any atom is 0.329 e. The molecule has 3 rings (SSSR count). The molecule has 0 spiro atoms. The Hall–Kier alpha value is -3.60. The van der Waals surface area contributed by atoms with Crippen molar-refractivity contribution in [2.75, 3.05) is 13.2 Å². The molecule has 0 saturated heterocycles. The summed E-state index contributed by atoms with van der Waals surface area (Å²) in [5.41, 5.74) is 2.57. The highest BCUT2D eigenvalue weighted by Crippen LogP contribution is 2.11. The van der Waals surface area contributed by atoms with E-state index in [0.717, 1.165) is 16.9 Å². The van der Waals surface area contributed by atoms with E-state index in [-0.39, 0.29) is 19.1 Å². The van der Waals surface area contributed by atoms with Crippen molar-refractivity contribution >= 4 is 11.9 Å². The normalized spacial score (nSPS) is 11.4.